The first-order valence-electron chi connectivity index (χ1n) is 8.19. The molecule has 0 spiro atoms. The first-order chi connectivity index (χ1) is 10.6. The van der Waals surface area contributed by atoms with Crippen molar-refractivity contribution in [2.45, 2.75) is 70.6 Å². The van der Waals surface area contributed by atoms with E-state index < -0.39 is 17.7 Å². The van der Waals surface area contributed by atoms with Gasteiger partial charge in [0, 0.05) is 13.1 Å². The van der Waals surface area contributed by atoms with E-state index in [9.17, 15) is 9.59 Å². The normalized spacial score (nSPS) is 23.0. The second-order valence-corrected chi connectivity index (χ2v) is 7.23. The largest absolute Gasteiger partial charge is 0.444 e. The maximum atomic E-state index is 12.4. The molecule has 0 aliphatic heterocycles. The van der Waals surface area contributed by atoms with Gasteiger partial charge < -0.3 is 15.8 Å². The molecule has 3 N–H and O–H groups in total. The van der Waals surface area contributed by atoms with Crippen molar-refractivity contribution in [1.82, 2.24) is 10.4 Å². The number of ether oxygens (including phenoxy) is 1. The summed E-state index contributed by atoms with van der Waals surface area (Å²) < 4.78 is 5.26. The third-order valence-corrected chi connectivity index (χ3v) is 4.03. The Morgan fingerprint density at radius 3 is 2.30 bits per heavy atom. The van der Waals surface area contributed by atoms with Crippen LogP contribution in [0.2, 0.25) is 0 Å². The van der Waals surface area contributed by atoms with Gasteiger partial charge in [0.15, 0.2) is 0 Å². The monoisotopic (exact) mass is 329 g/mol. The quantitative estimate of drug-likeness (QED) is 0.750. The maximum Gasteiger partial charge on any atom is 0.408 e. The molecule has 0 aromatic rings. The summed E-state index contributed by atoms with van der Waals surface area (Å²) in [4.78, 5) is 29.4. The first kappa shape index (κ1) is 19.7. The third-order valence-electron chi connectivity index (χ3n) is 4.03. The highest BCUT2D eigenvalue weighted by atomic mass is 16.7. The average Bonchev–Trinajstić information content (AvgIpc) is 2.45. The lowest BCUT2D eigenvalue weighted by molar-refractivity contribution is -0.171. The van der Waals surface area contributed by atoms with Crippen LogP contribution in [0.1, 0.15) is 52.9 Å². The summed E-state index contributed by atoms with van der Waals surface area (Å²) in [5.74, 6) is 0.0807. The van der Waals surface area contributed by atoms with Crippen LogP contribution < -0.4 is 11.1 Å². The van der Waals surface area contributed by atoms with Crippen LogP contribution in [0.3, 0.4) is 0 Å². The number of amides is 2. The molecule has 1 aliphatic carbocycles. The molecule has 23 heavy (non-hydrogen) atoms. The summed E-state index contributed by atoms with van der Waals surface area (Å²) in [6.07, 6.45) is 3.83. The smallest absolute Gasteiger partial charge is 0.408 e. The van der Waals surface area contributed by atoms with Gasteiger partial charge in [-0.25, -0.2) is 9.86 Å². The first-order valence-corrected chi connectivity index (χ1v) is 8.19. The fraction of sp³-hybridized carbons (Fsp3) is 0.875. The number of hydroxylamine groups is 2. The fourth-order valence-corrected chi connectivity index (χ4v) is 2.74. The predicted molar refractivity (Wildman–Crippen MR) is 87.5 cm³/mol. The number of likely N-dealkylation sites (N-methyl/N-ethyl adjacent to an activating group) is 1. The number of alkyl carbamates (subject to hydrolysis) is 1. The summed E-state index contributed by atoms with van der Waals surface area (Å²) in [6.45, 7) is 5.35. The van der Waals surface area contributed by atoms with Crippen LogP contribution >= 0.6 is 0 Å². The molecule has 0 radical (unpaired) electrons. The van der Waals surface area contributed by atoms with E-state index in [2.05, 4.69) is 5.32 Å². The van der Waals surface area contributed by atoms with E-state index in [4.69, 9.17) is 15.3 Å². The number of nitrogens with zero attached hydrogens (tertiary/aromatic N) is 1. The number of rotatable bonds is 5. The molecule has 0 saturated heterocycles. The minimum atomic E-state index is -0.658. The Labute approximate surface area is 138 Å². The minimum Gasteiger partial charge on any atom is -0.444 e. The van der Waals surface area contributed by atoms with Gasteiger partial charge in [0.25, 0.3) is 5.91 Å². The molecular weight excluding hydrogens is 298 g/mol. The average molecular weight is 329 g/mol. The Balaban J connectivity index is 2.69. The highest BCUT2D eigenvalue weighted by molar-refractivity contribution is 5.84. The molecule has 0 aromatic heterocycles. The van der Waals surface area contributed by atoms with E-state index in [1.54, 1.807) is 20.8 Å². The third kappa shape index (κ3) is 7.18. The van der Waals surface area contributed by atoms with Gasteiger partial charge >= 0.3 is 6.09 Å². The van der Waals surface area contributed by atoms with E-state index in [0.717, 1.165) is 30.7 Å². The Kier molecular flexibility index (Phi) is 7.28. The van der Waals surface area contributed by atoms with Crippen LogP contribution in [0.25, 0.3) is 0 Å². The van der Waals surface area contributed by atoms with Crippen LogP contribution in [0.15, 0.2) is 0 Å². The molecule has 2 amide bonds. The van der Waals surface area contributed by atoms with E-state index in [0.29, 0.717) is 12.3 Å². The minimum absolute atomic E-state index is 0.251. The van der Waals surface area contributed by atoms with E-state index in [-0.39, 0.29) is 11.9 Å². The van der Waals surface area contributed by atoms with Crippen LogP contribution in [0.5, 0.6) is 0 Å². The number of carbonyl (C=O) groups excluding carboxylic acids is 2. The van der Waals surface area contributed by atoms with Crippen molar-refractivity contribution in [2.75, 3.05) is 14.2 Å². The van der Waals surface area contributed by atoms with Crippen LogP contribution in [-0.4, -0.2) is 48.9 Å². The van der Waals surface area contributed by atoms with Crippen LogP contribution in [0, 0.1) is 5.92 Å². The number of hydrogen-bond donors (Lipinski definition) is 2. The molecule has 0 heterocycles. The molecule has 1 aliphatic rings. The summed E-state index contributed by atoms with van der Waals surface area (Å²) in [5.41, 5.74) is 5.31. The lowest BCUT2D eigenvalue weighted by Gasteiger charge is -2.31. The number of nitrogens with one attached hydrogen (secondary N) is 1. The molecule has 1 rings (SSSR count). The van der Waals surface area contributed by atoms with Crippen LogP contribution in [0.4, 0.5) is 4.79 Å². The van der Waals surface area contributed by atoms with Crippen molar-refractivity contribution < 1.29 is 19.2 Å². The molecule has 7 nitrogen and oxygen atoms in total. The van der Waals surface area contributed by atoms with E-state index >= 15 is 0 Å². The fourth-order valence-electron chi connectivity index (χ4n) is 2.74. The van der Waals surface area contributed by atoms with Crippen LogP contribution in [-0.2, 0) is 14.4 Å². The molecule has 0 unspecified atom stereocenters. The van der Waals surface area contributed by atoms with Crippen molar-refractivity contribution in [3.63, 3.8) is 0 Å². The number of nitrogens with two attached hydrogens (primary N) is 1. The highest BCUT2D eigenvalue weighted by Gasteiger charge is 2.30. The molecule has 0 bridgehead atoms. The molecule has 7 heteroatoms. The summed E-state index contributed by atoms with van der Waals surface area (Å²) >= 11 is 0. The Bertz CT molecular complexity index is 401. The van der Waals surface area contributed by atoms with E-state index in [1.807, 2.05) is 0 Å². The lowest BCUT2D eigenvalue weighted by Crippen LogP contribution is -2.49. The van der Waals surface area contributed by atoms with E-state index in [1.165, 1.54) is 14.2 Å². The summed E-state index contributed by atoms with van der Waals surface area (Å²) in [6, 6.07) is -0.407. The van der Waals surface area contributed by atoms with Gasteiger partial charge in [0.05, 0.1) is 7.11 Å². The number of hydrogen-bond acceptors (Lipinski definition) is 5. The Morgan fingerprint density at radius 1 is 1.26 bits per heavy atom. The van der Waals surface area contributed by atoms with Crippen molar-refractivity contribution in [1.29, 1.82) is 0 Å². The zero-order chi connectivity index (χ0) is 17.6. The Hall–Kier alpha value is -1.34. The molecule has 1 atom stereocenters. The second kappa shape index (κ2) is 8.49. The molecule has 0 aromatic carbocycles. The highest BCUT2D eigenvalue weighted by Crippen LogP contribution is 2.27. The maximum absolute atomic E-state index is 12.4. The van der Waals surface area contributed by atoms with Crippen molar-refractivity contribution >= 4 is 12.0 Å². The zero-order valence-corrected chi connectivity index (χ0v) is 14.9. The van der Waals surface area contributed by atoms with Gasteiger partial charge in [-0.15, -0.1) is 0 Å². The lowest BCUT2D eigenvalue weighted by atomic mass is 9.82. The van der Waals surface area contributed by atoms with Gasteiger partial charge in [-0.3, -0.25) is 9.63 Å². The topological polar surface area (TPSA) is 93.9 Å². The molecule has 1 saturated carbocycles. The molecule has 1 fully saturated rings. The molecule has 134 valence electrons. The van der Waals surface area contributed by atoms with Gasteiger partial charge in [0.1, 0.15) is 11.6 Å². The summed E-state index contributed by atoms with van der Waals surface area (Å²) in [5, 5.41) is 3.82. The summed E-state index contributed by atoms with van der Waals surface area (Å²) in [7, 11) is 2.95. The standard InChI is InChI=1S/C16H31N3O4/c1-16(2,3)23-15(21)18-13(14(20)19(4)22-5)10-11-6-8-12(17)9-7-11/h11-13H,6-10,17H2,1-5H3,(H,18,21)/t11?,12?,13-/m0/s1. The van der Waals surface area contributed by atoms with Gasteiger partial charge in [-0.1, -0.05) is 0 Å². The van der Waals surface area contributed by atoms with Gasteiger partial charge in [-0.05, 0) is 58.8 Å². The van der Waals surface area contributed by atoms with Gasteiger partial charge in [-0.2, -0.15) is 0 Å². The van der Waals surface area contributed by atoms with Crippen molar-refractivity contribution in [2.24, 2.45) is 11.7 Å². The Morgan fingerprint density at radius 2 is 1.83 bits per heavy atom. The van der Waals surface area contributed by atoms with Crippen molar-refractivity contribution in [3.8, 4) is 0 Å². The van der Waals surface area contributed by atoms with Crippen molar-refractivity contribution in [3.05, 3.63) is 0 Å². The second-order valence-electron chi connectivity index (χ2n) is 7.23. The predicted octanol–water partition coefficient (Wildman–Crippen LogP) is 1.81. The molecular formula is C16H31N3O4. The zero-order valence-electron chi connectivity index (χ0n) is 14.9. The van der Waals surface area contributed by atoms with Gasteiger partial charge in [0.2, 0.25) is 0 Å². The SMILES string of the molecule is CON(C)C(=O)[C@H](CC1CCC(N)CC1)NC(=O)OC(C)(C)C. The number of carbonyl (C=O) groups is 2.